The van der Waals surface area contributed by atoms with Crippen molar-refractivity contribution < 1.29 is 4.57 Å². The Bertz CT molecular complexity index is 1620. The lowest BCUT2D eigenvalue weighted by Crippen LogP contribution is -2.31. The number of benzene rings is 5. The van der Waals surface area contributed by atoms with E-state index in [1.54, 1.807) is 0 Å². The van der Waals surface area contributed by atoms with Crippen LogP contribution in [0.4, 0.5) is 0 Å². The Balaban J connectivity index is 1.80. The first-order chi connectivity index (χ1) is 18.3. The Morgan fingerprint density at radius 2 is 0.892 bits per heavy atom. The summed E-state index contributed by atoms with van der Waals surface area (Å²) < 4.78 is 17.7. The molecule has 0 unspecified atom stereocenters. The highest BCUT2D eigenvalue weighted by Crippen LogP contribution is 2.48. The van der Waals surface area contributed by atoms with Gasteiger partial charge in [-0.1, -0.05) is 140 Å². The summed E-state index contributed by atoms with van der Waals surface area (Å²) in [7, 11) is -3.38. The van der Waals surface area contributed by atoms with E-state index in [9.17, 15) is 0 Å². The van der Waals surface area contributed by atoms with Crippen molar-refractivity contribution in [1.29, 1.82) is 0 Å². The number of nitrogens with zero attached hydrogens (tertiary/aromatic N) is 2. The first-order valence-electron chi connectivity index (χ1n) is 12.3. The summed E-state index contributed by atoms with van der Waals surface area (Å²) in [4.78, 5) is 0. The lowest BCUT2D eigenvalue weighted by atomic mass is 10.0. The molecular formula is C33H25N2OP. The molecule has 6 aromatic rings. The molecule has 0 fully saturated rings. The van der Waals surface area contributed by atoms with E-state index in [-0.39, 0.29) is 0 Å². The zero-order chi connectivity index (χ0) is 25.1. The van der Waals surface area contributed by atoms with Crippen LogP contribution in [0, 0.1) is 0 Å². The molecule has 0 saturated heterocycles. The predicted octanol–water partition coefficient (Wildman–Crippen LogP) is 6.85. The van der Waals surface area contributed by atoms with E-state index in [2.05, 4.69) is 24.3 Å². The zero-order valence-corrected chi connectivity index (χ0v) is 21.1. The van der Waals surface area contributed by atoms with Gasteiger partial charge in [-0.3, -0.25) is 0 Å². The lowest BCUT2D eigenvalue weighted by Gasteiger charge is -2.23. The highest BCUT2D eigenvalue weighted by Gasteiger charge is 2.38. The van der Waals surface area contributed by atoms with Crippen LogP contribution in [0.1, 0.15) is 0 Å². The van der Waals surface area contributed by atoms with Crippen LogP contribution < -0.4 is 16.0 Å². The average molecular weight is 497 g/mol. The molecule has 37 heavy (non-hydrogen) atoms. The van der Waals surface area contributed by atoms with Gasteiger partial charge >= 0.3 is 0 Å². The molecule has 0 N–H and O–H groups in total. The van der Waals surface area contributed by atoms with Crippen LogP contribution in [0.3, 0.4) is 0 Å². The minimum atomic E-state index is -3.38. The standard InChI is InChI=1S/C33H25N2OP/c36-37(29-22-12-4-13-23-29,30-24-14-5-15-25-30)33-31(26-16-6-1-7-17-26)32(27-18-8-2-9-19-27)34-35(33)28-20-10-3-11-21-28/h1-25H. The molecule has 4 heteroatoms. The molecule has 0 saturated carbocycles. The number of hydrogen-bond acceptors (Lipinski definition) is 2. The Hall–Kier alpha value is -4.46. The van der Waals surface area contributed by atoms with E-state index in [4.69, 9.17) is 5.10 Å². The molecule has 0 amide bonds. The van der Waals surface area contributed by atoms with Crippen LogP contribution >= 0.6 is 7.14 Å². The molecule has 178 valence electrons. The maximum Gasteiger partial charge on any atom is 0.189 e. The third kappa shape index (κ3) is 4.14. The molecule has 3 nitrogen and oxygen atoms in total. The first kappa shape index (κ1) is 23.0. The van der Waals surface area contributed by atoms with Crippen molar-refractivity contribution >= 4 is 23.2 Å². The molecule has 1 heterocycles. The topological polar surface area (TPSA) is 34.9 Å². The summed E-state index contributed by atoms with van der Waals surface area (Å²) in [5.74, 6) is 0. The summed E-state index contributed by atoms with van der Waals surface area (Å²) in [5, 5.41) is 6.74. The van der Waals surface area contributed by atoms with Crippen molar-refractivity contribution in [2.45, 2.75) is 0 Å². The molecule has 1 aromatic heterocycles. The summed E-state index contributed by atoms with van der Waals surface area (Å²) in [6.45, 7) is 0. The van der Waals surface area contributed by atoms with Crippen molar-refractivity contribution in [1.82, 2.24) is 9.78 Å². The van der Waals surface area contributed by atoms with Gasteiger partial charge in [0, 0.05) is 21.7 Å². The third-order valence-corrected chi connectivity index (χ3v) is 9.57. The Morgan fingerprint density at radius 1 is 0.486 bits per heavy atom. The number of para-hydroxylation sites is 1. The molecule has 0 aliphatic rings. The third-order valence-electron chi connectivity index (χ3n) is 6.51. The second-order valence-electron chi connectivity index (χ2n) is 8.81. The second kappa shape index (κ2) is 9.89. The fourth-order valence-corrected chi connectivity index (χ4v) is 7.74. The highest BCUT2D eigenvalue weighted by atomic mass is 31.2. The van der Waals surface area contributed by atoms with E-state index in [1.165, 1.54) is 0 Å². The largest absolute Gasteiger partial charge is 0.307 e. The SMILES string of the molecule is O=P(c1ccccc1)(c1ccccc1)c1c(-c2ccccc2)c(-c2ccccc2)nn1-c1ccccc1. The summed E-state index contributed by atoms with van der Waals surface area (Å²) in [6, 6.07) is 49.9. The van der Waals surface area contributed by atoms with Gasteiger partial charge in [-0.15, -0.1) is 0 Å². The van der Waals surface area contributed by atoms with Crippen molar-refractivity contribution in [2.24, 2.45) is 0 Å². The van der Waals surface area contributed by atoms with Gasteiger partial charge in [0.15, 0.2) is 7.14 Å². The van der Waals surface area contributed by atoms with Crippen molar-refractivity contribution in [3.8, 4) is 28.1 Å². The van der Waals surface area contributed by atoms with E-state index in [0.29, 0.717) is 5.44 Å². The number of hydrogen-bond donors (Lipinski definition) is 0. The molecule has 0 spiro atoms. The van der Waals surface area contributed by atoms with Gasteiger partial charge in [0.05, 0.1) is 5.69 Å². The van der Waals surface area contributed by atoms with E-state index >= 15 is 4.57 Å². The molecule has 5 aromatic carbocycles. The predicted molar refractivity (Wildman–Crippen MR) is 154 cm³/mol. The van der Waals surface area contributed by atoms with Gasteiger partial charge in [0.2, 0.25) is 0 Å². The van der Waals surface area contributed by atoms with Crippen LogP contribution in [0.25, 0.3) is 28.1 Å². The normalized spacial score (nSPS) is 11.4. The minimum absolute atomic E-state index is 0.696. The molecular weight excluding hydrogens is 471 g/mol. The summed E-state index contributed by atoms with van der Waals surface area (Å²) in [5.41, 5.74) is 5.20. The molecule has 0 aliphatic heterocycles. The molecule has 0 aliphatic carbocycles. The van der Waals surface area contributed by atoms with Crippen molar-refractivity contribution in [2.75, 3.05) is 0 Å². The average Bonchev–Trinajstić information content (AvgIpc) is 3.40. The van der Waals surface area contributed by atoms with Crippen LogP contribution in [0.15, 0.2) is 152 Å². The molecule has 0 atom stereocenters. The fraction of sp³-hybridized carbons (Fsp3) is 0. The van der Waals surface area contributed by atoms with Crippen LogP contribution in [0.2, 0.25) is 0 Å². The van der Waals surface area contributed by atoms with Gasteiger partial charge in [-0.05, 0) is 17.7 Å². The van der Waals surface area contributed by atoms with E-state index in [1.807, 2.05) is 132 Å². The molecule has 6 rings (SSSR count). The van der Waals surface area contributed by atoms with Crippen LogP contribution in [0.5, 0.6) is 0 Å². The summed E-state index contributed by atoms with van der Waals surface area (Å²) in [6.07, 6.45) is 0. The molecule has 0 radical (unpaired) electrons. The van der Waals surface area contributed by atoms with Gasteiger partial charge in [-0.2, -0.15) is 5.10 Å². The van der Waals surface area contributed by atoms with Crippen LogP contribution in [-0.2, 0) is 4.57 Å². The Kier molecular flexibility index (Phi) is 6.14. The number of rotatable bonds is 6. The van der Waals surface area contributed by atoms with Gasteiger partial charge in [0.25, 0.3) is 0 Å². The minimum Gasteiger partial charge on any atom is -0.307 e. The highest BCUT2D eigenvalue weighted by molar-refractivity contribution is 7.85. The van der Waals surface area contributed by atoms with Crippen molar-refractivity contribution in [3.05, 3.63) is 152 Å². The Morgan fingerprint density at radius 3 is 1.38 bits per heavy atom. The van der Waals surface area contributed by atoms with Gasteiger partial charge in [-0.25, -0.2) is 4.68 Å². The lowest BCUT2D eigenvalue weighted by molar-refractivity contribution is 0.591. The Labute approximate surface area is 217 Å². The maximum absolute atomic E-state index is 15.8. The second-order valence-corrected chi connectivity index (χ2v) is 11.5. The van der Waals surface area contributed by atoms with E-state index < -0.39 is 7.14 Å². The van der Waals surface area contributed by atoms with Gasteiger partial charge < -0.3 is 4.57 Å². The fourth-order valence-electron chi connectivity index (χ4n) is 4.79. The first-order valence-corrected chi connectivity index (χ1v) is 14.0. The zero-order valence-electron chi connectivity index (χ0n) is 20.2. The number of aromatic nitrogens is 2. The van der Waals surface area contributed by atoms with Gasteiger partial charge in [0.1, 0.15) is 11.1 Å². The van der Waals surface area contributed by atoms with E-state index in [0.717, 1.165) is 38.7 Å². The monoisotopic (exact) mass is 496 g/mol. The quantitative estimate of drug-likeness (QED) is 0.237. The molecule has 0 bridgehead atoms. The summed E-state index contributed by atoms with van der Waals surface area (Å²) >= 11 is 0. The maximum atomic E-state index is 15.8. The smallest absolute Gasteiger partial charge is 0.189 e. The van der Waals surface area contributed by atoms with Crippen molar-refractivity contribution in [3.63, 3.8) is 0 Å². The van der Waals surface area contributed by atoms with Crippen LogP contribution in [-0.4, -0.2) is 9.78 Å².